The van der Waals surface area contributed by atoms with Crippen LogP contribution in [0.2, 0.25) is 0 Å². The molecular formula is C17H23N3O3S. The second-order valence-corrected chi connectivity index (χ2v) is 5.75. The van der Waals surface area contributed by atoms with Crippen LogP contribution in [0.1, 0.15) is 44.6 Å². The number of nitro benzene ring substituents is 1. The van der Waals surface area contributed by atoms with Crippen molar-refractivity contribution in [3.05, 3.63) is 46.0 Å². The first-order valence-electron chi connectivity index (χ1n) is 8.04. The van der Waals surface area contributed by atoms with Crippen LogP contribution in [0.5, 0.6) is 0 Å². The van der Waals surface area contributed by atoms with Gasteiger partial charge in [0.05, 0.1) is 4.92 Å². The van der Waals surface area contributed by atoms with Gasteiger partial charge in [-0.15, -0.1) is 0 Å². The van der Waals surface area contributed by atoms with Crippen molar-refractivity contribution in [2.24, 2.45) is 0 Å². The van der Waals surface area contributed by atoms with Crippen LogP contribution in [0.15, 0.2) is 30.3 Å². The zero-order valence-corrected chi connectivity index (χ0v) is 14.6. The van der Waals surface area contributed by atoms with Gasteiger partial charge in [-0.3, -0.25) is 20.2 Å². The van der Waals surface area contributed by atoms with Crippen LogP contribution < -0.4 is 10.6 Å². The monoisotopic (exact) mass is 349 g/mol. The van der Waals surface area contributed by atoms with E-state index in [1.165, 1.54) is 43.5 Å². The second kappa shape index (κ2) is 11.3. The van der Waals surface area contributed by atoms with Gasteiger partial charge in [0.25, 0.3) is 5.69 Å². The first-order valence-corrected chi connectivity index (χ1v) is 8.45. The summed E-state index contributed by atoms with van der Waals surface area (Å²) < 4.78 is 0. The van der Waals surface area contributed by atoms with Crippen molar-refractivity contribution >= 4 is 35.0 Å². The highest BCUT2D eigenvalue weighted by Crippen LogP contribution is 2.13. The second-order valence-electron chi connectivity index (χ2n) is 5.34. The molecule has 0 radical (unpaired) electrons. The van der Waals surface area contributed by atoms with Crippen molar-refractivity contribution in [3.63, 3.8) is 0 Å². The van der Waals surface area contributed by atoms with Crippen molar-refractivity contribution in [1.82, 2.24) is 10.6 Å². The maximum absolute atomic E-state index is 11.8. The van der Waals surface area contributed by atoms with E-state index >= 15 is 0 Å². The number of rotatable bonds is 9. The first kappa shape index (κ1) is 19.8. The molecule has 6 nitrogen and oxygen atoms in total. The molecular weight excluding hydrogens is 326 g/mol. The summed E-state index contributed by atoms with van der Waals surface area (Å²) in [5.74, 6) is -0.370. The lowest BCUT2D eigenvalue weighted by atomic mass is 10.1. The Labute approximate surface area is 147 Å². The Balaban J connectivity index is 2.33. The minimum absolute atomic E-state index is 0.0159. The molecule has 0 aliphatic rings. The summed E-state index contributed by atoms with van der Waals surface area (Å²) in [5, 5.41) is 16.5. The molecule has 1 aromatic rings. The van der Waals surface area contributed by atoms with Gasteiger partial charge < -0.3 is 5.32 Å². The maximum Gasteiger partial charge on any atom is 0.270 e. The van der Waals surface area contributed by atoms with Crippen LogP contribution in [0.25, 0.3) is 6.08 Å². The molecule has 1 amide bonds. The van der Waals surface area contributed by atoms with E-state index in [2.05, 4.69) is 17.6 Å². The number of amides is 1. The van der Waals surface area contributed by atoms with Crippen LogP contribution in [0, 0.1) is 10.1 Å². The average Bonchev–Trinajstić information content (AvgIpc) is 2.56. The van der Waals surface area contributed by atoms with E-state index in [9.17, 15) is 14.9 Å². The molecule has 130 valence electrons. The Morgan fingerprint density at radius 3 is 2.75 bits per heavy atom. The summed E-state index contributed by atoms with van der Waals surface area (Å²) in [6.07, 6.45) is 8.62. The number of hydrogen-bond acceptors (Lipinski definition) is 4. The van der Waals surface area contributed by atoms with Gasteiger partial charge in [0.1, 0.15) is 0 Å². The van der Waals surface area contributed by atoms with E-state index in [0.29, 0.717) is 10.7 Å². The smallest absolute Gasteiger partial charge is 0.270 e. The molecule has 24 heavy (non-hydrogen) atoms. The molecule has 1 aromatic carbocycles. The summed E-state index contributed by atoms with van der Waals surface area (Å²) in [5.41, 5.74) is 0.562. The number of hydrogen-bond donors (Lipinski definition) is 2. The highest BCUT2D eigenvalue weighted by Gasteiger charge is 2.04. The average molecular weight is 349 g/mol. The predicted octanol–water partition coefficient (Wildman–Crippen LogP) is 3.57. The number of nitrogens with zero attached hydrogens (tertiary/aromatic N) is 1. The molecule has 0 aliphatic heterocycles. The summed E-state index contributed by atoms with van der Waals surface area (Å²) in [6.45, 7) is 2.90. The summed E-state index contributed by atoms with van der Waals surface area (Å²) in [7, 11) is 0. The number of benzene rings is 1. The third kappa shape index (κ3) is 8.38. The van der Waals surface area contributed by atoms with E-state index in [-0.39, 0.29) is 11.6 Å². The Hall–Kier alpha value is -2.28. The van der Waals surface area contributed by atoms with Gasteiger partial charge >= 0.3 is 0 Å². The summed E-state index contributed by atoms with van der Waals surface area (Å²) in [6, 6.07) is 6.05. The molecule has 0 fully saturated rings. The number of unbranched alkanes of at least 4 members (excludes halogenated alkanes) is 4. The number of nitrogens with one attached hydrogen (secondary N) is 2. The van der Waals surface area contributed by atoms with Crippen molar-refractivity contribution in [3.8, 4) is 0 Å². The van der Waals surface area contributed by atoms with Crippen LogP contribution in [0.3, 0.4) is 0 Å². The van der Waals surface area contributed by atoms with Crippen molar-refractivity contribution in [2.45, 2.75) is 39.0 Å². The lowest BCUT2D eigenvalue weighted by Crippen LogP contribution is -2.38. The van der Waals surface area contributed by atoms with Crippen LogP contribution >= 0.6 is 12.2 Å². The highest BCUT2D eigenvalue weighted by atomic mass is 32.1. The van der Waals surface area contributed by atoms with Gasteiger partial charge in [0.15, 0.2) is 5.11 Å². The van der Waals surface area contributed by atoms with E-state index in [4.69, 9.17) is 12.2 Å². The molecule has 0 heterocycles. The van der Waals surface area contributed by atoms with Crippen LogP contribution in [-0.4, -0.2) is 22.5 Å². The molecule has 0 saturated carbocycles. The van der Waals surface area contributed by atoms with E-state index < -0.39 is 4.92 Å². The molecule has 0 aromatic heterocycles. The zero-order chi connectivity index (χ0) is 17.8. The molecule has 0 aliphatic carbocycles. The Morgan fingerprint density at radius 1 is 1.29 bits per heavy atom. The number of carbonyl (C=O) groups is 1. The fourth-order valence-electron chi connectivity index (χ4n) is 2.04. The first-order chi connectivity index (χ1) is 11.5. The van der Waals surface area contributed by atoms with Crippen molar-refractivity contribution < 1.29 is 9.72 Å². The van der Waals surface area contributed by atoms with Gasteiger partial charge in [0.2, 0.25) is 5.91 Å². The quantitative estimate of drug-likeness (QED) is 0.234. The van der Waals surface area contributed by atoms with Crippen LogP contribution in [0.4, 0.5) is 5.69 Å². The SMILES string of the molecule is CCCCCCCNC(=S)NC(=O)/C=C/c1cccc([N+](=O)[O-])c1. The Bertz CT molecular complexity index is 602. The summed E-state index contributed by atoms with van der Waals surface area (Å²) in [4.78, 5) is 22.0. The van der Waals surface area contributed by atoms with Gasteiger partial charge in [-0.2, -0.15) is 0 Å². The van der Waals surface area contributed by atoms with E-state index in [1.54, 1.807) is 12.1 Å². The molecule has 0 spiro atoms. The molecule has 0 bridgehead atoms. The van der Waals surface area contributed by atoms with Gasteiger partial charge in [-0.1, -0.05) is 44.7 Å². The standard InChI is InChI=1S/C17H23N3O3S/c1-2-3-4-5-6-12-18-17(24)19-16(21)11-10-14-8-7-9-15(13-14)20(22)23/h7-11,13H,2-6,12H2,1H3,(H2,18,19,21,24)/b11-10+. The van der Waals surface area contributed by atoms with Crippen molar-refractivity contribution in [2.75, 3.05) is 6.54 Å². The third-order valence-corrected chi connectivity index (χ3v) is 3.56. The minimum Gasteiger partial charge on any atom is -0.362 e. The van der Waals surface area contributed by atoms with Gasteiger partial charge in [-0.25, -0.2) is 0 Å². The Kier molecular flexibility index (Phi) is 9.29. The lowest BCUT2D eigenvalue weighted by Gasteiger charge is -2.07. The topological polar surface area (TPSA) is 84.3 Å². The largest absolute Gasteiger partial charge is 0.362 e. The fourth-order valence-corrected chi connectivity index (χ4v) is 2.24. The van der Waals surface area contributed by atoms with Gasteiger partial charge in [-0.05, 0) is 30.3 Å². The predicted molar refractivity (Wildman–Crippen MR) is 99.6 cm³/mol. The molecule has 0 atom stereocenters. The third-order valence-electron chi connectivity index (χ3n) is 3.31. The van der Waals surface area contributed by atoms with Crippen molar-refractivity contribution in [1.29, 1.82) is 0 Å². The fraction of sp³-hybridized carbons (Fsp3) is 0.412. The lowest BCUT2D eigenvalue weighted by molar-refractivity contribution is -0.384. The molecule has 0 saturated heterocycles. The minimum atomic E-state index is -0.475. The molecule has 2 N–H and O–H groups in total. The normalized spacial score (nSPS) is 10.5. The number of carbonyl (C=O) groups excluding carboxylic acids is 1. The van der Waals surface area contributed by atoms with Crippen LogP contribution in [-0.2, 0) is 4.79 Å². The maximum atomic E-state index is 11.8. The summed E-state index contributed by atoms with van der Waals surface area (Å²) >= 11 is 5.05. The molecule has 7 heteroatoms. The molecule has 1 rings (SSSR count). The zero-order valence-electron chi connectivity index (χ0n) is 13.8. The number of non-ortho nitro benzene ring substituents is 1. The van der Waals surface area contributed by atoms with E-state index in [0.717, 1.165) is 19.4 Å². The molecule has 0 unspecified atom stereocenters. The Morgan fingerprint density at radius 2 is 2.04 bits per heavy atom. The number of thiocarbonyl (C=S) groups is 1. The number of nitro groups is 1. The highest BCUT2D eigenvalue weighted by molar-refractivity contribution is 7.80. The van der Waals surface area contributed by atoms with Gasteiger partial charge in [0, 0.05) is 24.8 Å². The van der Waals surface area contributed by atoms with E-state index in [1.807, 2.05) is 0 Å².